The van der Waals surface area contributed by atoms with Crippen LogP contribution < -0.4 is 4.90 Å². The summed E-state index contributed by atoms with van der Waals surface area (Å²) in [6.45, 7) is 7.38. The topological polar surface area (TPSA) is 87.4 Å². The monoisotopic (exact) mass is 530 g/mol. The van der Waals surface area contributed by atoms with E-state index in [9.17, 15) is 9.90 Å². The van der Waals surface area contributed by atoms with Crippen LogP contribution in [0.25, 0.3) is 11.2 Å². The van der Waals surface area contributed by atoms with Gasteiger partial charge in [0.15, 0.2) is 17.1 Å². The van der Waals surface area contributed by atoms with Gasteiger partial charge >= 0.3 is 0 Å². The molecule has 36 heavy (non-hydrogen) atoms. The smallest absolute Gasteiger partial charge is 0.182 e. The molecule has 2 aromatic heterocycles. The third-order valence-corrected chi connectivity index (χ3v) is 8.18. The van der Waals surface area contributed by atoms with Gasteiger partial charge < -0.3 is 10.0 Å². The number of rotatable bonds is 6. The van der Waals surface area contributed by atoms with Gasteiger partial charge in [0.05, 0.1) is 12.2 Å². The first kappa shape index (κ1) is 25.4. The first-order valence-electron chi connectivity index (χ1n) is 12.7. The van der Waals surface area contributed by atoms with E-state index in [-0.39, 0.29) is 30.0 Å². The summed E-state index contributed by atoms with van der Waals surface area (Å²) in [5, 5.41) is 15.9. The molecule has 3 aromatic rings. The lowest BCUT2D eigenvalue weighted by Crippen LogP contribution is -2.53. The van der Waals surface area contributed by atoms with Gasteiger partial charge in [0.25, 0.3) is 0 Å². The average Bonchev–Trinajstić information content (AvgIpc) is 3.28. The number of benzene rings is 1. The van der Waals surface area contributed by atoms with Crippen molar-refractivity contribution in [2.75, 3.05) is 37.7 Å². The Morgan fingerprint density at radius 3 is 2.67 bits per heavy atom. The summed E-state index contributed by atoms with van der Waals surface area (Å²) in [4.78, 5) is 26.7. The standard InChI is InChI=1S/C26H32Cl2N6O2/c1-16(20-7-6-19(27)12-21(20)28)34-26-25(24(31-34)17(2)36)29-13-23(30-26)33-11-8-22(18(14-33)15-35)32-9-4-3-5-10-32/h6-7,12-13,16,18,22,35H,3-5,8-11,14-15H2,1-2H3. The second-order valence-corrected chi connectivity index (χ2v) is 10.8. The number of fused-ring (bicyclic) bond motifs is 1. The van der Waals surface area contributed by atoms with E-state index < -0.39 is 0 Å². The molecular weight excluding hydrogens is 499 g/mol. The maximum absolute atomic E-state index is 12.4. The van der Waals surface area contributed by atoms with Crippen molar-refractivity contribution in [2.45, 2.75) is 51.6 Å². The van der Waals surface area contributed by atoms with Gasteiger partial charge in [-0.15, -0.1) is 0 Å². The van der Waals surface area contributed by atoms with Crippen LogP contribution in [0.5, 0.6) is 0 Å². The third kappa shape index (κ3) is 4.84. The van der Waals surface area contributed by atoms with Crippen molar-refractivity contribution < 1.29 is 9.90 Å². The predicted molar refractivity (Wildman–Crippen MR) is 142 cm³/mol. The lowest BCUT2D eigenvalue weighted by atomic mass is 9.90. The fourth-order valence-electron chi connectivity index (χ4n) is 5.67. The Balaban J connectivity index is 1.48. The van der Waals surface area contributed by atoms with Gasteiger partial charge in [0.2, 0.25) is 0 Å². The number of carbonyl (C=O) groups is 1. The maximum Gasteiger partial charge on any atom is 0.182 e. The van der Waals surface area contributed by atoms with Crippen LogP contribution in [0.2, 0.25) is 10.0 Å². The van der Waals surface area contributed by atoms with Crippen molar-refractivity contribution in [1.82, 2.24) is 24.6 Å². The largest absolute Gasteiger partial charge is 0.396 e. The summed E-state index contributed by atoms with van der Waals surface area (Å²) in [7, 11) is 0. The fraction of sp³-hybridized carbons (Fsp3) is 0.538. The highest BCUT2D eigenvalue weighted by Crippen LogP contribution is 2.32. The highest BCUT2D eigenvalue weighted by atomic mass is 35.5. The zero-order valence-electron chi connectivity index (χ0n) is 20.7. The molecule has 2 saturated heterocycles. The number of carbonyl (C=O) groups excluding carboxylic acids is 1. The summed E-state index contributed by atoms with van der Waals surface area (Å²) >= 11 is 12.6. The van der Waals surface area contributed by atoms with Crippen LogP contribution in [0.1, 0.15) is 61.6 Å². The molecule has 2 aliphatic rings. The van der Waals surface area contributed by atoms with E-state index in [0.717, 1.165) is 37.4 Å². The van der Waals surface area contributed by atoms with Crippen molar-refractivity contribution in [1.29, 1.82) is 0 Å². The number of piperidine rings is 2. The number of ketones is 1. The van der Waals surface area contributed by atoms with E-state index in [2.05, 4.69) is 19.9 Å². The van der Waals surface area contributed by atoms with E-state index in [0.29, 0.717) is 33.8 Å². The van der Waals surface area contributed by atoms with Crippen LogP contribution in [0.15, 0.2) is 24.4 Å². The minimum absolute atomic E-state index is 0.145. The Kier molecular flexibility index (Phi) is 7.49. The van der Waals surface area contributed by atoms with E-state index in [1.165, 1.54) is 26.2 Å². The molecule has 5 rings (SSSR count). The summed E-state index contributed by atoms with van der Waals surface area (Å²) in [5.41, 5.74) is 2.13. The number of hydrogen-bond acceptors (Lipinski definition) is 7. The first-order valence-corrected chi connectivity index (χ1v) is 13.4. The lowest BCUT2D eigenvalue weighted by Gasteiger charge is -2.45. The molecule has 4 heterocycles. The molecule has 0 radical (unpaired) electrons. The molecule has 0 saturated carbocycles. The summed E-state index contributed by atoms with van der Waals surface area (Å²) in [6, 6.07) is 5.46. The Labute approximate surface area is 221 Å². The summed E-state index contributed by atoms with van der Waals surface area (Å²) < 4.78 is 1.72. The Hall–Kier alpha value is -2.26. The number of halogens is 2. The fourth-order valence-corrected chi connectivity index (χ4v) is 6.24. The molecule has 10 heteroatoms. The number of likely N-dealkylation sites (tertiary alicyclic amines) is 1. The number of nitrogens with zero attached hydrogens (tertiary/aromatic N) is 6. The molecule has 192 valence electrons. The number of anilines is 1. The van der Waals surface area contributed by atoms with Crippen LogP contribution in [0, 0.1) is 5.92 Å². The minimum Gasteiger partial charge on any atom is -0.396 e. The van der Waals surface area contributed by atoms with Crippen molar-refractivity contribution in [2.24, 2.45) is 5.92 Å². The van der Waals surface area contributed by atoms with Gasteiger partial charge in [-0.3, -0.25) is 9.69 Å². The normalized spacial score (nSPS) is 22.2. The predicted octanol–water partition coefficient (Wildman–Crippen LogP) is 4.62. The minimum atomic E-state index is -0.287. The molecule has 2 aliphatic heterocycles. The first-order chi connectivity index (χ1) is 17.4. The molecule has 0 spiro atoms. The molecule has 3 unspecified atom stereocenters. The van der Waals surface area contributed by atoms with Crippen LogP contribution in [-0.4, -0.2) is 74.4 Å². The van der Waals surface area contributed by atoms with E-state index in [1.54, 1.807) is 23.0 Å². The highest BCUT2D eigenvalue weighted by Gasteiger charge is 2.34. The molecular formula is C26H32Cl2N6O2. The van der Waals surface area contributed by atoms with Crippen LogP contribution in [0.3, 0.4) is 0 Å². The van der Waals surface area contributed by atoms with Crippen LogP contribution >= 0.6 is 23.2 Å². The third-order valence-electron chi connectivity index (χ3n) is 7.62. The van der Waals surface area contributed by atoms with E-state index in [1.807, 2.05) is 13.0 Å². The van der Waals surface area contributed by atoms with Gasteiger partial charge in [-0.25, -0.2) is 14.6 Å². The second kappa shape index (κ2) is 10.6. The number of Topliss-reactive ketones (excluding diaryl/α,β-unsaturated/α-hetero) is 1. The van der Waals surface area contributed by atoms with Gasteiger partial charge in [0.1, 0.15) is 11.3 Å². The number of aromatic nitrogens is 4. The highest BCUT2D eigenvalue weighted by molar-refractivity contribution is 6.35. The zero-order chi connectivity index (χ0) is 25.4. The van der Waals surface area contributed by atoms with Gasteiger partial charge in [-0.05, 0) is 57.0 Å². The summed E-state index contributed by atoms with van der Waals surface area (Å²) in [6.07, 6.45) is 6.46. The van der Waals surface area contributed by atoms with Crippen molar-refractivity contribution in [3.05, 3.63) is 45.7 Å². The molecule has 0 bridgehead atoms. The Bertz CT molecular complexity index is 1260. The lowest BCUT2D eigenvalue weighted by molar-refractivity contribution is 0.0676. The van der Waals surface area contributed by atoms with Gasteiger partial charge in [-0.1, -0.05) is 35.7 Å². The van der Waals surface area contributed by atoms with Crippen molar-refractivity contribution >= 4 is 46.0 Å². The summed E-state index contributed by atoms with van der Waals surface area (Å²) in [5.74, 6) is 0.709. The van der Waals surface area contributed by atoms with Gasteiger partial charge in [0, 0.05) is 48.6 Å². The number of aliphatic hydroxyl groups excluding tert-OH is 1. The number of hydrogen-bond donors (Lipinski definition) is 1. The maximum atomic E-state index is 12.4. The Morgan fingerprint density at radius 2 is 1.97 bits per heavy atom. The average molecular weight is 531 g/mol. The van der Waals surface area contributed by atoms with Crippen molar-refractivity contribution in [3.8, 4) is 0 Å². The number of aliphatic hydroxyl groups is 1. The van der Waals surface area contributed by atoms with Crippen LogP contribution in [-0.2, 0) is 0 Å². The van der Waals surface area contributed by atoms with Crippen LogP contribution in [0.4, 0.5) is 5.82 Å². The molecule has 3 atom stereocenters. The molecule has 1 N–H and O–H groups in total. The second-order valence-electron chi connectivity index (χ2n) is 9.93. The SMILES string of the molecule is CC(=O)c1nn(C(C)c2ccc(Cl)cc2Cl)c2nc(N3CCC(N4CCCCC4)C(CO)C3)cnc12. The Morgan fingerprint density at radius 1 is 1.19 bits per heavy atom. The molecule has 0 aliphatic carbocycles. The molecule has 8 nitrogen and oxygen atoms in total. The zero-order valence-corrected chi connectivity index (χ0v) is 22.2. The quantitative estimate of drug-likeness (QED) is 0.465. The van der Waals surface area contributed by atoms with E-state index in [4.69, 9.17) is 28.2 Å². The molecule has 0 amide bonds. The molecule has 1 aromatic carbocycles. The molecule has 2 fully saturated rings. The van der Waals surface area contributed by atoms with E-state index >= 15 is 0 Å². The van der Waals surface area contributed by atoms with Crippen molar-refractivity contribution in [3.63, 3.8) is 0 Å². The van der Waals surface area contributed by atoms with Gasteiger partial charge in [-0.2, -0.15) is 5.10 Å².